The van der Waals surface area contributed by atoms with Crippen molar-refractivity contribution < 1.29 is 9.84 Å². The Morgan fingerprint density at radius 1 is 1.53 bits per heavy atom. The van der Waals surface area contributed by atoms with Gasteiger partial charge in [-0.2, -0.15) is 10.2 Å². The highest BCUT2D eigenvalue weighted by Gasteiger charge is 2.17. The number of aliphatic hydroxyl groups is 1. The highest BCUT2D eigenvalue weighted by molar-refractivity contribution is 5.25. The molecule has 0 fully saturated rings. The maximum Gasteiger partial charge on any atom is 0.211 e. The predicted octanol–water partition coefficient (Wildman–Crippen LogP) is 0.727. The van der Waals surface area contributed by atoms with Crippen molar-refractivity contribution in [2.75, 3.05) is 7.11 Å². The number of aryl methyl sites for hydroxylation is 2. The van der Waals surface area contributed by atoms with Crippen LogP contribution >= 0.6 is 0 Å². The molecule has 2 rings (SSSR count). The van der Waals surface area contributed by atoms with Crippen molar-refractivity contribution >= 4 is 0 Å². The summed E-state index contributed by atoms with van der Waals surface area (Å²) in [5.74, 6) is 0.613. The lowest BCUT2D eigenvalue weighted by Crippen LogP contribution is -2.01. The highest BCUT2D eigenvalue weighted by Crippen LogP contribution is 2.23. The van der Waals surface area contributed by atoms with E-state index in [0.717, 1.165) is 12.1 Å². The number of aromatic nitrogens is 4. The first kappa shape index (κ1) is 11.7. The van der Waals surface area contributed by atoms with Gasteiger partial charge in [0.05, 0.1) is 19.0 Å². The Hall–Kier alpha value is -1.82. The van der Waals surface area contributed by atoms with Gasteiger partial charge in [0.1, 0.15) is 6.10 Å². The Morgan fingerprint density at radius 3 is 2.82 bits per heavy atom. The van der Waals surface area contributed by atoms with Crippen LogP contribution in [0, 0.1) is 0 Å². The van der Waals surface area contributed by atoms with Crippen LogP contribution in [0.2, 0.25) is 0 Å². The molecular weight excluding hydrogens is 220 g/mol. The lowest BCUT2D eigenvalue weighted by atomic mass is 10.1. The summed E-state index contributed by atoms with van der Waals surface area (Å²) in [5, 5.41) is 18.5. The summed E-state index contributed by atoms with van der Waals surface area (Å²) in [5.41, 5.74) is 1.28. The van der Waals surface area contributed by atoms with Gasteiger partial charge in [-0.3, -0.25) is 4.68 Å². The van der Waals surface area contributed by atoms with Crippen molar-refractivity contribution in [1.29, 1.82) is 0 Å². The summed E-state index contributed by atoms with van der Waals surface area (Å²) >= 11 is 0. The van der Waals surface area contributed by atoms with Gasteiger partial charge in [-0.1, -0.05) is 0 Å². The molecule has 2 aromatic rings. The van der Waals surface area contributed by atoms with Gasteiger partial charge in [-0.25, -0.2) is 4.68 Å². The highest BCUT2D eigenvalue weighted by atomic mass is 16.5. The molecule has 0 aliphatic rings. The van der Waals surface area contributed by atoms with Crippen LogP contribution in [0.15, 0.2) is 18.5 Å². The molecule has 0 saturated carbocycles. The third-order valence-electron chi connectivity index (χ3n) is 2.64. The van der Waals surface area contributed by atoms with Gasteiger partial charge >= 0.3 is 0 Å². The molecule has 1 unspecified atom stereocenters. The molecule has 0 aliphatic carbocycles. The molecule has 0 saturated heterocycles. The third kappa shape index (κ3) is 2.16. The van der Waals surface area contributed by atoms with Crippen LogP contribution in [0.25, 0.3) is 0 Å². The summed E-state index contributed by atoms with van der Waals surface area (Å²) in [4.78, 5) is 0. The van der Waals surface area contributed by atoms with E-state index in [2.05, 4.69) is 10.2 Å². The van der Waals surface area contributed by atoms with E-state index >= 15 is 0 Å². The van der Waals surface area contributed by atoms with Gasteiger partial charge < -0.3 is 9.84 Å². The molecule has 6 nitrogen and oxygen atoms in total. The molecule has 0 bridgehead atoms. The van der Waals surface area contributed by atoms with Gasteiger partial charge in [0.25, 0.3) is 0 Å². The lowest BCUT2D eigenvalue weighted by Gasteiger charge is -2.03. The Labute approximate surface area is 99.4 Å². The second-order valence-corrected chi connectivity index (χ2v) is 3.77. The van der Waals surface area contributed by atoms with Gasteiger partial charge in [0.15, 0.2) is 0 Å². The number of rotatable bonds is 4. The van der Waals surface area contributed by atoms with E-state index in [9.17, 15) is 5.11 Å². The van der Waals surface area contributed by atoms with E-state index < -0.39 is 6.10 Å². The van der Waals surface area contributed by atoms with E-state index in [1.54, 1.807) is 35.8 Å². The minimum Gasteiger partial charge on any atom is -0.481 e. The van der Waals surface area contributed by atoms with E-state index in [1.165, 1.54) is 0 Å². The van der Waals surface area contributed by atoms with Crippen molar-refractivity contribution in [3.05, 3.63) is 29.7 Å². The monoisotopic (exact) mass is 236 g/mol. The molecule has 0 radical (unpaired) electrons. The number of hydrogen-bond donors (Lipinski definition) is 1. The van der Waals surface area contributed by atoms with Crippen LogP contribution in [0.5, 0.6) is 5.88 Å². The summed E-state index contributed by atoms with van der Waals surface area (Å²) in [6, 6.07) is 1.72. The molecule has 2 heterocycles. The minimum absolute atomic E-state index is 0.556. The molecule has 92 valence electrons. The molecule has 1 atom stereocenters. The normalized spacial score (nSPS) is 12.7. The largest absolute Gasteiger partial charge is 0.481 e. The fourth-order valence-electron chi connectivity index (χ4n) is 1.66. The molecule has 0 aliphatic heterocycles. The van der Waals surface area contributed by atoms with Gasteiger partial charge in [0.2, 0.25) is 5.88 Å². The summed E-state index contributed by atoms with van der Waals surface area (Å²) in [6.07, 6.45) is 2.69. The fraction of sp³-hybridized carbons (Fsp3) is 0.455. The molecule has 6 heteroatoms. The summed E-state index contributed by atoms with van der Waals surface area (Å²) in [6.45, 7) is 2.77. The molecule has 0 aromatic carbocycles. The Balaban J connectivity index is 2.26. The molecule has 17 heavy (non-hydrogen) atoms. The van der Waals surface area contributed by atoms with Crippen molar-refractivity contribution in [1.82, 2.24) is 19.6 Å². The second kappa shape index (κ2) is 4.58. The van der Waals surface area contributed by atoms with E-state index in [-0.39, 0.29) is 0 Å². The molecule has 1 N–H and O–H groups in total. The average Bonchev–Trinajstić information content (AvgIpc) is 2.94. The maximum absolute atomic E-state index is 10.1. The van der Waals surface area contributed by atoms with Crippen molar-refractivity contribution in [3.63, 3.8) is 0 Å². The van der Waals surface area contributed by atoms with Crippen molar-refractivity contribution in [2.45, 2.75) is 19.6 Å². The summed E-state index contributed by atoms with van der Waals surface area (Å²) in [7, 11) is 3.34. The van der Waals surface area contributed by atoms with E-state index in [0.29, 0.717) is 11.6 Å². The zero-order valence-corrected chi connectivity index (χ0v) is 10.2. The first-order valence-electron chi connectivity index (χ1n) is 5.44. The standard InChI is InChI=1S/C11H16N4O2/c1-4-15-7-8(6-12-15)11(16)9-5-10(17-3)14(2)13-9/h5-7,11,16H,4H2,1-3H3. The van der Waals surface area contributed by atoms with Gasteiger partial charge in [-0.15, -0.1) is 0 Å². The molecule has 0 spiro atoms. The van der Waals surface area contributed by atoms with Crippen LogP contribution in [-0.2, 0) is 13.6 Å². The summed E-state index contributed by atoms with van der Waals surface area (Å²) < 4.78 is 8.46. The number of ether oxygens (including phenoxy) is 1. The molecule has 2 aromatic heterocycles. The van der Waals surface area contributed by atoms with E-state index in [1.807, 2.05) is 13.1 Å². The number of methoxy groups -OCH3 is 1. The van der Waals surface area contributed by atoms with Crippen LogP contribution in [0.3, 0.4) is 0 Å². The lowest BCUT2D eigenvalue weighted by molar-refractivity contribution is 0.214. The third-order valence-corrected chi connectivity index (χ3v) is 2.64. The first-order valence-corrected chi connectivity index (χ1v) is 5.44. The van der Waals surface area contributed by atoms with Gasteiger partial charge in [-0.05, 0) is 6.92 Å². The Bertz CT molecular complexity index is 503. The minimum atomic E-state index is -0.773. The van der Waals surface area contributed by atoms with Crippen LogP contribution in [0.1, 0.15) is 24.3 Å². The Kier molecular flexibility index (Phi) is 3.14. The number of hydrogen-bond acceptors (Lipinski definition) is 4. The predicted molar refractivity (Wildman–Crippen MR) is 61.7 cm³/mol. The molecular formula is C11H16N4O2. The van der Waals surface area contributed by atoms with Crippen molar-refractivity contribution in [2.24, 2.45) is 7.05 Å². The average molecular weight is 236 g/mol. The number of nitrogens with zero attached hydrogens (tertiary/aromatic N) is 4. The van der Waals surface area contributed by atoms with Crippen molar-refractivity contribution in [3.8, 4) is 5.88 Å². The van der Waals surface area contributed by atoms with Gasteiger partial charge in [0, 0.05) is 31.4 Å². The van der Waals surface area contributed by atoms with Crippen LogP contribution in [-0.4, -0.2) is 31.8 Å². The smallest absolute Gasteiger partial charge is 0.211 e. The quantitative estimate of drug-likeness (QED) is 0.849. The zero-order valence-electron chi connectivity index (χ0n) is 10.2. The fourth-order valence-corrected chi connectivity index (χ4v) is 1.66. The maximum atomic E-state index is 10.1. The van der Waals surface area contributed by atoms with Crippen LogP contribution in [0.4, 0.5) is 0 Å². The topological polar surface area (TPSA) is 65.1 Å². The molecule has 0 amide bonds. The first-order chi connectivity index (χ1) is 8.15. The zero-order chi connectivity index (χ0) is 12.4. The number of aliphatic hydroxyl groups excluding tert-OH is 1. The second-order valence-electron chi connectivity index (χ2n) is 3.77. The SMILES string of the molecule is CCn1cc(C(O)c2cc(OC)n(C)n2)cn1. The Morgan fingerprint density at radius 2 is 2.29 bits per heavy atom. The van der Waals surface area contributed by atoms with E-state index in [4.69, 9.17) is 4.74 Å². The van der Waals surface area contributed by atoms with Crippen LogP contribution < -0.4 is 4.74 Å².